The molecule has 0 radical (unpaired) electrons. The van der Waals surface area contributed by atoms with Gasteiger partial charge in [0.2, 0.25) is 0 Å². The molecule has 5 heteroatoms. The van der Waals surface area contributed by atoms with Crippen LogP contribution in [0.25, 0.3) is 0 Å². The number of ether oxygens (including phenoxy) is 2. The molecule has 20 heavy (non-hydrogen) atoms. The Labute approximate surface area is 117 Å². The number of hydrogen-bond acceptors (Lipinski definition) is 4. The van der Waals surface area contributed by atoms with Crippen molar-refractivity contribution < 1.29 is 24.2 Å². The van der Waals surface area contributed by atoms with Crippen molar-refractivity contribution in [2.24, 2.45) is 5.92 Å². The van der Waals surface area contributed by atoms with E-state index in [1.165, 1.54) is 0 Å². The quantitative estimate of drug-likeness (QED) is 0.863. The number of Topliss-reactive ketones (excluding diaryl/α,β-unsaturated/α-hetero) is 1. The fraction of sp³-hybridized carbons (Fsp3) is 0.467. The van der Waals surface area contributed by atoms with Crippen molar-refractivity contribution in [3.05, 3.63) is 35.9 Å². The SMILES string of the molecule is O=C(O)CCCC(=O)C1COC(c2ccccc2)OC1. The fourth-order valence-electron chi connectivity index (χ4n) is 2.11. The van der Waals surface area contributed by atoms with Crippen LogP contribution < -0.4 is 0 Å². The summed E-state index contributed by atoms with van der Waals surface area (Å²) in [5.41, 5.74) is 0.935. The molecule has 1 aliphatic heterocycles. The van der Waals surface area contributed by atoms with Crippen molar-refractivity contribution in [3.63, 3.8) is 0 Å². The van der Waals surface area contributed by atoms with Gasteiger partial charge in [-0.15, -0.1) is 0 Å². The van der Waals surface area contributed by atoms with Gasteiger partial charge < -0.3 is 14.6 Å². The van der Waals surface area contributed by atoms with Gasteiger partial charge in [-0.3, -0.25) is 9.59 Å². The zero-order valence-corrected chi connectivity index (χ0v) is 11.2. The Kier molecular flexibility index (Phi) is 5.26. The first-order valence-electron chi connectivity index (χ1n) is 6.69. The molecule has 1 saturated heterocycles. The summed E-state index contributed by atoms with van der Waals surface area (Å²) < 4.78 is 11.1. The van der Waals surface area contributed by atoms with Crippen molar-refractivity contribution in [1.82, 2.24) is 0 Å². The average molecular weight is 278 g/mol. The number of carbonyl (C=O) groups excluding carboxylic acids is 1. The molecule has 1 fully saturated rings. The summed E-state index contributed by atoms with van der Waals surface area (Å²) >= 11 is 0. The number of carboxylic acids is 1. The number of rotatable bonds is 6. The normalized spacial score (nSPS) is 22.4. The predicted molar refractivity (Wildman–Crippen MR) is 71.1 cm³/mol. The Morgan fingerprint density at radius 2 is 1.75 bits per heavy atom. The van der Waals surface area contributed by atoms with E-state index in [2.05, 4.69) is 0 Å². The van der Waals surface area contributed by atoms with Crippen LogP contribution in [0.1, 0.15) is 31.1 Å². The minimum Gasteiger partial charge on any atom is -0.481 e. The van der Waals surface area contributed by atoms with Crippen LogP contribution in [-0.2, 0) is 19.1 Å². The number of carboxylic acid groups (broad SMARTS) is 1. The van der Waals surface area contributed by atoms with Crippen LogP contribution in [0.2, 0.25) is 0 Å². The Morgan fingerprint density at radius 1 is 1.10 bits per heavy atom. The molecule has 1 aromatic rings. The van der Waals surface area contributed by atoms with Crippen LogP contribution in [0.15, 0.2) is 30.3 Å². The molecule has 108 valence electrons. The molecule has 0 unspecified atom stereocenters. The minimum atomic E-state index is -0.877. The summed E-state index contributed by atoms with van der Waals surface area (Å²) in [7, 11) is 0. The second-order valence-electron chi connectivity index (χ2n) is 4.82. The van der Waals surface area contributed by atoms with Crippen molar-refractivity contribution in [3.8, 4) is 0 Å². The molecule has 1 aliphatic rings. The van der Waals surface area contributed by atoms with Crippen molar-refractivity contribution >= 4 is 11.8 Å². The van der Waals surface area contributed by atoms with Crippen molar-refractivity contribution in [2.75, 3.05) is 13.2 Å². The molecule has 1 heterocycles. The average Bonchev–Trinajstić information content (AvgIpc) is 2.48. The number of benzene rings is 1. The molecule has 0 atom stereocenters. The molecule has 0 saturated carbocycles. The van der Waals surface area contributed by atoms with E-state index in [-0.39, 0.29) is 24.5 Å². The number of ketones is 1. The largest absolute Gasteiger partial charge is 0.481 e. The lowest BCUT2D eigenvalue weighted by molar-refractivity contribution is -0.205. The lowest BCUT2D eigenvalue weighted by Crippen LogP contribution is -2.32. The predicted octanol–water partition coefficient (Wildman–Crippen LogP) is 2.17. The van der Waals surface area contributed by atoms with Gasteiger partial charge in [-0.05, 0) is 6.42 Å². The van der Waals surface area contributed by atoms with E-state index in [4.69, 9.17) is 14.6 Å². The Bertz CT molecular complexity index is 449. The molecule has 0 aromatic heterocycles. The summed E-state index contributed by atoms with van der Waals surface area (Å²) in [4.78, 5) is 22.3. The molecule has 0 spiro atoms. The van der Waals surface area contributed by atoms with Gasteiger partial charge in [0, 0.05) is 18.4 Å². The van der Waals surface area contributed by atoms with E-state index in [0.717, 1.165) is 5.56 Å². The van der Waals surface area contributed by atoms with E-state index in [9.17, 15) is 9.59 Å². The highest BCUT2D eigenvalue weighted by Gasteiger charge is 2.27. The van der Waals surface area contributed by atoms with E-state index in [0.29, 0.717) is 19.6 Å². The summed E-state index contributed by atoms with van der Waals surface area (Å²) in [6.45, 7) is 0.650. The van der Waals surface area contributed by atoms with Gasteiger partial charge in [-0.2, -0.15) is 0 Å². The van der Waals surface area contributed by atoms with E-state index < -0.39 is 12.3 Å². The van der Waals surface area contributed by atoms with Gasteiger partial charge in [0.05, 0.1) is 19.1 Å². The molecule has 0 amide bonds. The highest BCUT2D eigenvalue weighted by Crippen LogP contribution is 2.25. The third kappa shape index (κ3) is 4.15. The second-order valence-corrected chi connectivity index (χ2v) is 4.82. The van der Waals surface area contributed by atoms with Crippen LogP contribution in [0.5, 0.6) is 0 Å². The topological polar surface area (TPSA) is 72.8 Å². The molecule has 0 aliphatic carbocycles. The van der Waals surface area contributed by atoms with Crippen LogP contribution in [-0.4, -0.2) is 30.1 Å². The van der Waals surface area contributed by atoms with Crippen LogP contribution in [0, 0.1) is 5.92 Å². The summed E-state index contributed by atoms with van der Waals surface area (Å²) in [5, 5.41) is 8.54. The first-order chi connectivity index (χ1) is 9.66. The lowest BCUT2D eigenvalue weighted by atomic mass is 10.0. The molecular formula is C15H18O5. The van der Waals surface area contributed by atoms with Crippen LogP contribution in [0.3, 0.4) is 0 Å². The maximum Gasteiger partial charge on any atom is 0.303 e. The van der Waals surface area contributed by atoms with Gasteiger partial charge in [0.1, 0.15) is 5.78 Å². The smallest absolute Gasteiger partial charge is 0.303 e. The monoisotopic (exact) mass is 278 g/mol. The molecule has 2 rings (SSSR count). The Balaban J connectivity index is 1.76. The molecule has 5 nitrogen and oxygen atoms in total. The van der Waals surface area contributed by atoms with Gasteiger partial charge in [-0.25, -0.2) is 0 Å². The zero-order chi connectivity index (χ0) is 14.4. The van der Waals surface area contributed by atoms with Crippen LogP contribution in [0.4, 0.5) is 0 Å². The highest BCUT2D eigenvalue weighted by molar-refractivity contribution is 5.81. The summed E-state index contributed by atoms with van der Waals surface area (Å²) in [5.74, 6) is -1.15. The maximum atomic E-state index is 11.9. The number of carbonyl (C=O) groups is 2. The third-order valence-corrected chi connectivity index (χ3v) is 3.24. The molecular weight excluding hydrogens is 260 g/mol. The highest BCUT2D eigenvalue weighted by atomic mass is 16.7. The number of hydrogen-bond donors (Lipinski definition) is 1. The van der Waals surface area contributed by atoms with Gasteiger partial charge >= 0.3 is 5.97 Å². The van der Waals surface area contributed by atoms with Gasteiger partial charge in [0.25, 0.3) is 0 Å². The third-order valence-electron chi connectivity index (χ3n) is 3.24. The first kappa shape index (κ1) is 14.7. The van der Waals surface area contributed by atoms with E-state index in [1.54, 1.807) is 0 Å². The van der Waals surface area contributed by atoms with E-state index in [1.807, 2.05) is 30.3 Å². The zero-order valence-electron chi connectivity index (χ0n) is 11.2. The maximum absolute atomic E-state index is 11.9. The molecule has 0 bridgehead atoms. The Morgan fingerprint density at radius 3 is 2.35 bits per heavy atom. The van der Waals surface area contributed by atoms with E-state index >= 15 is 0 Å². The second kappa shape index (κ2) is 7.17. The Hall–Kier alpha value is -1.72. The summed E-state index contributed by atoms with van der Waals surface area (Å²) in [6, 6.07) is 9.57. The summed E-state index contributed by atoms with van der Waals surface area (Å²) in [6.07, 6.45) is 0.235. The van der Waals surface area contributed by atoms with Gasteiger partial charge in [-0.1, -0.05) is 30.3 Å². The minimum absolute atomic E-state index is 0.0118. The molecule has 1 aromatic carbocycles. The molecule has 1 N–H and O–H groups in total. The van der Waals surface area contributed by atoms with Crippen molar-refractivity contribution in [2.45, 2.75) is 25.6 Å². The lowest BCUT2D eigenvalue weighted by Gasteiger charge is -2.28. The fourth-order valence-corrected chi connectivity index (χ4v) is 2.11. The van der Waals surface area contributed by atoms with Crippen LogP contribution >= 0.6 is 0 Å². The van der Waals surface area contributed by atoms with Gasteiger partial charge in [0.15, 0.2) is 6.29 Å². The standard InChI is InChI=1S/C15H18O5/c16-13(7-4-8-14(17)18)12-9-19-15(20-10-12)11-5-2-1-3-6-11/h1-3,5-6,12,15H,4,7-10H2,(H,17,18). The number of aliphatic carboxylic acids is 1. The van der Waals surface area contributed by atoms with Crippen molar-refractivity contribution in [1.29, 1.82) is 0 Å². The first-order valence-corrected chi connectivity index (χ1v) is 6.69.